The Bertz CT molecular complexity index is 846. The van der Waals surface area contributed by atoms with Gasteiger partial charge >= 0.3 is 0 Å². The molecule has 0 aliphatic rings. The summed E-state index contributed by atoms with van der Waals surface area (Å²) in [6, 6.07) is 11.5. The molecule has 0 atom stereocenters. The van der Waals surface area contributed by atoms with E-state index < -0.39 is 5.82 Å². The van der Waals surface area contributed by atoms with E-state index >= 15 is 0 Å². The maximum absolute atomic E-state index is 13.6. The normalized spacial score (nSPS) is 10.7. The van der Waals surface area contributed by atoms with Gasteiger partial charge in [0.05, 0.1) is 27.7 Å². The molecular formula is C14H8ClFN4. The average molecular weight is 287 g/mol. The number of hydrogen-bond acceptors (Lipinski definition) is 3. The minimum atomic E-state index is -0.533. The Hall–Kier alpha value is -2.58. The number of fused-ring (bicyclic) bond motifs is 1. The fourth-order valence-corrected chi connectivity index (χ4v) is 2.21. The maximum atomic E-state index is 13.6. The SMILES string of the molecule is N#Cc1ccc(-n2c(N)nc3cc(Cl)c(F)cc32)cc1. The molecule has 0 amide bonds. The highest BCUT2D eigenvalue weighted by Crippen LogP contribution is 2.27. The van der Waals surface area contributed by atoms with E-state index in [1.54, 1.807) is 28.8 Å². The lowest BCUT2D eigenvalue weighted by molar-refractivity contribution is 0.629. The first-order valence-electron chi connectivity index (χ1n) is 5.73. The second-order valence-electron chi connectivity index (χ2n) is 4.22. The van der Waals surface area contributed by atoms with Crippen molar-refractivity contribution in [1.29, 1.82) is 5.26 Å². The lowest BCUT2D eigenvalue weighted by Crippen LogP contribution is -2.00. The van der Waals surface area contributed by atoms with Crippen molar-refractivity contribution >= 4 is 28.6 Å². The Morgan fingerprint density at radius 2 is 1.95 bits per heavy atom. The Kier molecular flexibility index (Phi) is 2.81. The molecule has 3 rings (SSSR count). The number of halogens is 2. The van der Waals surface area contributed by atoms with Crippen LogP contribution >= 0.6 is 11.6 Å². The molecule has 0 aliphatic carbocycles. The van der Waals surface area contributed by atoms with Gasteiger partial charge in [-0.05, 0) is 30.3 Å². The molecule has 3 aromatic rings. The molecule has 0 bridgehead atoms. The van der Waals surface area contributed by atoms with E-state index in [0.717, 1.165) is 0 Å². The predicted octanol–water partition coefficient (Wildman–Crippen LogP) is 3.27. The van der Waals surface area contributed by atoms with Crippen LogP contribution < -0.4 is 5.73 Å². The third-order valence-electron chi connectivity index (χ3n) is 2.98. The largest absolute Gasteiger partial charge is 0.369 e. The Balaban J connectivity index is 2.27. The lowest BCUT2D eigenvalue weighted by Gasteiger charge is -2.06. The van der Waals surface area contributed by atoms with Crippen LogP contribution in [0, 0.1) is 17.1 Å². The van der Waals surface area contributed by atoms with Crippen LogP contribution in [0.4, 0.5) is 10.3 Å². The molecule has 6 heteroatoms. The van der Waals surface area contributed by atoms with Crippen molar-refractivity contribution in [2.24, 2.45) is 0 Å². The van der Waals surface area contributed by atoms with Gasteiger partial charge in [-0.1, -0.05) is 11.6 Å². The number of hydrogen-bond donors (Lipinski definition) is 1. The van der Waals surface area contributed by atoms with Crippen LogP contribution in [0.3, 0.4) is 0 Å². The fourth-order valence-electron chi connectivity index (χ4n) is 2.05. The number of aromatic nitrogens is 2. The summed E-state index contributed by atoms with van der Waals surface area (Å²) >= 11 is 5.73. The minimum absolute atomic E-state index is 0.00183. The van der Waals surface area contributed by atoms with Gasteiger partial charge in [-0.3, -0.25) is 4.57 Å². The summed E-state index contributed by atoms with van der Waals surface area (Å²) in [5.74, 6) is -0.305. The number of anilines is 1. The molecule has 0 aliphatic heterocycles. The van der Waals surface area contributed by atoms with Crippen molar-refractivity contribution in [1.82, 2.24) is 9.55 Å². The van der Waals surface area contributed by atoms with Crippen LogP contribution in [0.1, 0.15) is 5.56 Å². The standard InChI is InChI=1S/C14H8ClFN4/c15-10-5-12-13(6-11(10)16)20(14(18)19-12)9-3-1-8(7-17)2-4-9/h1-6H,(H2,18,19). The molecule has 0 saturated carbocycles. The first kappa shape index (κ1) is 12.5. The van der Waals surface area contributed by atoms with Crippen molar-refractivity contribution in [3.8, 4) is 11.8 Å². The van der Waals surface area contributed by atoms with E-state index in [9.17, 15) is 4.39 Å². The summed E-state index contributed by atoms with van der Waals surface area (Å²) in [5, 5.41) is 8.80. The fraction of sp³-hybridized carbons (Fsp3) is 0. The molecule has 1 aromatic heterocycles. The van der Waals surface area contributed by atoms with E-state index in [4.69, 9.17) is 22.6 Å². The quantitative estimate of drug-likeness (QED) is 0.746. The van der Waals surface area contributed by atoms with E-state index in [0.29, 0.717) is 22.3 Å². The molecule has 1 heterocycles. The zero-order chi connectivity index (χ0) is 14.3. The molecule has 2 N–H and O–H groups in total. The number of benzene rings is 2. The van der Waals surface area contributed by atoms with Crippen LogP contribution in [0.15, 0.2) is 36.4 Å². The highest BCUT2D eigenvalue weighted by Gasteiger charge is 2.13. The van der Waals surface area contributed by atoms with Gasteiger partial charge in [-0.25, -0.2) is 9.37 Å². The monoisotopic (exact) mass is 286 g/mol. The average Bonchev–Trinajstić information content (AvgIpc) is 2.75. The minimum Gasteiger partial charge on any atom is -0.369 e. The predicted molar refractivity (Wildman–Crippen MR) is 75.2 cm³/mol. The van der Waals surface area contributed by atoms with Gasteiger partial charge in [-0.2, -0.15) is 5.26 Å². The van der Waals surface area contributed by atoms with Crippen LogP contribution in [0.5, 0.6) is 0 Å². The van der Waals surface area contributed by atoms with E-state index in [1.165, 1.54) is 12.1 Å². The molecular weight excluding hydrogens is 279 g/mol. The molecule has 0 radical (unpaired) electrons. The Morgan fingerprint density at radius 3 is 2.60 bits per heavy atom. The number of nitrogens with two attached hydrogens (primary N) is 1. The molecule has 0 unspecified atom stereocenters. The van der Waals surface area contributed by atoms with Gasteiger partial charge in [0.1, 0.15) is 5.82 Å². The smallest absolute Gasteiger partial charge is 0.205 e. The van der Waals surface area contributed by atoms with Gasteiger partial charge in [0.25, 0.3) is 0 Å². The molecule has 2 aromatic carbocycles. The zero-order valence-electron chi connectivity index (χ0n) is 10.1. The number of nitriles is 1. The number of nitrogens with zero attached hydrogens (tertiary/aromatic N) is 3. The first-order valence-corrected chi connectivity index (χ1v) is 6.11. The van der Waals surface area contributed by atoms with Gasteiger partial charge in [-0.15, -0.1) is 0 Å². The molecule has 4 nitrogen and oxygen atoms in total. The number of nitrogen functional groups attached to an aromatic ring is 1. The molecule has 0 fully saturated rings. The first-order chi connectivity index (χ1) is 9.60. The van der Waals surface area contributed by atoms with Gasteiger partial charge in [0, 0.05) is 11.8 Å². The third-order valence-corrected chi connectivity index (χ3v) is 3.27. The second kappa shape index (κ2) is 4.51. The molecule has 0 saturated heterocycles. The lowest BCUT2D eigenvalue weighted by atomic mass is 10.2. The summed E-state index contributed by atoms with van der Waals surface area (Å²) in [6.07, 6.45) is 0. The van der Waals surface area contributed by atoms with Crippen LogP contribution in [0.2, 0.25) is 5.02 Å². The van der Waals surface area contributed by atoms with Gasteiger partial charge in [0.2, 0.25) is 5.95 Å². The molecule has 98 valence electrons. The van der Waals surface area contributed by atoms with Crippen LogP contribution in [-0.2, 0) is 0 Å². The maximum Gasteiger partial charge on any atom is 0.205 e. The van der Waals surface area contributed by atoms with E-state index in [2.05, 4.69) is 4.98 Å². The number of imidazole rings is 1. The van der Waals surface area contributed by atoms with Crippen molar-refractivity contribution in [2.45, 2.75) is 0 Å². The van der Waals surface area contributed by atoms with E-state index in [1.807, 2.05) is 6.07 Å². The van der Waals surface area contributed by atoms with Crippen molar-refractivity contribution < 1.29 is 4.39 Å². The Morgan fingerprint density at radius 1 is 1.25 bits per heavy atom. The summed E-state index contributed by atoms with van der Waals surface area (Å²) in [6.45, 7) is 0. The second-order valence-corrected chi connectivity index (χ2v) is 4.63. The van der Waals surface area contributed by atoms with Gasteiger partial charge in [0.15, 0.2) is 0 Å². The van der Waals surface area contributed by atoms with Crippen molar-refractivity contribution in [2.75, 3.05) is 5.73 Å². The van der Waals surface area contributed by atoms with E-state index in [-0.39, 0.29) is 11.0 Å². The highest BCUT2D eigenvalue weighted by molar-refractivity contribution is 6.31. The number of rotatable bonds is 1. The highest BCUT2D eigenvalue weighted by atomic mass is 35.5. The summed E-state index contributed by atoms with van der Waals surface area (Å²) in [5.41, 5.74) is 8.15. The Labute approximate surface area is 118 Å². The zero-order valence-corrected chi connectivity index (χ0v) is 10.9. The van der Waals surface area contributed by atoms with Crippen molar-refractivity contribution in [3.05, 3.63) is 52.8 Å². The molecule has 0 spiro atoms. The van der Waals surface area contributed by atoms with Gasteiger partial charge < -0.3 is 5.73 Å². The molecule has 20 heavy (non-hydrogen) atoms. The summed E-state index contributed by atoms with van der Waals surface area (Å²) in [4.78, 5) is 4.16. The third kappa shape index (κ3) is 1.87. The topological polar surface area (TPSA) is 67.6 Å². The summed E-state index contributed by atoms with van der Waals surface area (Å²) in [7, 11) is 0. The summed E-state index contributed by atoms with van der Waals surface area (Å²) < 4.78 is 15.2. The van der Waals surface area contributed by atoms with Crippen LogP contribution in [0.25, 0.3) is 16.7 Å². The van der Waals surface area contributed by atoms with Crippen LogP contribution in [-0.4, -0.2) is 9.55 Å². The van der Waals surface area contributed by atoms with Crippen molar-refractivity contribution in [3.63, 3.8) is 0 Å².